The molecule has 0 radical (unpaired) electrons. The number of halogens is 1. The van der Waals surface area contributed by atoms with E-state index in [1.165, 1.54) is 71.6 Å². The molecule has 204 valence electrons. The van der Waals surface area contributed by atoms with Crippen LogP contribution in [0.1, 0.15) is 25.0 Å². The van der Waals surface area contributed by atoms with Crippen LogP contribution in [-0.4, -0.2) is 25.2 Å². The van der Waals surface area contributed by atoms with Gasteiger partial charge < -0.3 is 26.4 Å². The van der Waals surface area contributed by atoms with E-state index in [0.29, 0.717) is 0 Å². The number of fused-ring (bicyclic) bond motifs is 6. The first-order chi connectivity index (χ1) is 19.6. The molecular formula is C37H34BrN3. The highest BCUT2D eigenvalue weighted by Gasteiger charge is 2.26. The second kappa shape index (κ2) is 10.7. The van der Waals surface area contributed by atoms with Gasteiger partial charge in [-0.2, -0.15) is 4.58 Å². The minimum Gasteiger partial charge on any atom is -1.00 e. The van der Waals surface area contributed by atoms with Crippen LogP contribution >= 0.6 is 0 Å². The summed E-state index contributed by atoms with van der Waals surface area (Å²) in [5.41, 5.74) is 11.4. The first-order valence-electron chi connectivity index (χ1n) is 14.3. The molecule has 4 heteroatoms. The summed E-state index contributed by atoms with van der Waals surface area (Å²) in [6.45, 7) is 6.35. The predicted molar refractivity (Wildman–Crippen MR) is 170 cm³/mol. The second-order valence-corrected chi connectivity index (χ2v) is 10.8. The number of hydrogen-bond donors (Lipinski definition) is 0. The van der Waals surface area contributed by atoms with Crippen molar-refractivity contribution in [3.05, 3.63) is 131 Å². The average Bonchev–Trinajstić information content (AvgIpc) is 3.49. The summed E-state index contributed by atoms with van der Waals surface area (Å²) in [6.07, 6.45) is 0. The third kappa shape index (κ3) is 4.29. The Hall–Kier alpha value is -4.15. The second-order valence-electron chi connectivity index (χ2n) is 10.8. The molecule has 1 aromatic heterocycles. The fraction of sp³-hybridized carbons (Fsp3) is 0.162. The average molecular weight is 601 g/mol. The van der Waals surface area contributed by atoms with Crippen molar-refractivity contribution in [2.75, 3.05) is 25.5 Å². The number of para-hydroxylation sites is 2. The van der Waals surface area contributed by atoms with Gasteiger partial charge in [0.2, 0.25) is 11.0 Å². The fourth-order valence-corrected chi connectivity index (χ4v) is 6.53. The lowest BCUT2D eigenvalue weighted by atomic mass is 9.93. The van der Waals surface area contributed by atoms with E-state index in [9.17, 15) is 0 Å². The maximum Gasteiger partial charge on any atom is 0.213 e. The first-order valence-corrected chi connectivity index (χ1v) is 14.3. The molecule has 0 aliphatic carbocycles. The van der Waals surface area contributed by atoms with Gasteiger partial charge in [-0.25, -0.2) is 0 Å². The van der Waals surface area contributed by atoms with E-state index in [2.05, 4.69) is 151 Å². The minimum atomic E-state index is 0. The van der Waals surface area contributed by atoms with E-state index >= 15 is 0 Å². The van der Waals surface area contributed by atoms with Gasteiger partial charge in [-0.3, -0.25) is 0 Å². The van der Waals surface area contributed by atoms with Crippen molar-refractivity contribution < 1.29 is 17.0 Å². The van der Waals surface area contributed by atoms with E-state index in [4.69, 9.17) is 0 Å². The van der Waals surface area contributed by atoms with E-state index < -0.39 is 0 Å². The molecule has 5 aromatic carbocycles. The monoisotopic (exact) mass is 599 g/mol. The van der Waals surface area contributed by atoms with Crippen molar-refractivity contribution in [1.82, 2.24) is 9.14 Å². The van der Waals surface area contributed by atoms with Gasteiger partial charge in [0, 0.05) is 60.3 Å². The third-order valence-electron chi connectivity index (χ3n) is 8.43. The molecule has 0 spiro atoms. The lowest BCUT2D eigenvalue weighted by molar-refractivity contribution is -0.00000787. The number of rotatable bonds is 5. The molecule has 41 heavy (non-hydrogen) atoms. The van der Waals surface area contributed by atoms with Gasteiger partial charge in [-0.15, -0.1) is 0 Å². The number of anilines is 1. The van der Waals surface area contributed by atoms with Crippen LogP contribution in [0.15, 0.2) is 109 Å². The summed E-state index contributed by atoms with van der Waals surface area (Å²) in [7, 11) is 4.18. The summed E-state index contributed by atoms with van der Waals surface area (Å²) in [5, 5.41) is 5.14. The van der Waals surface area contributed by atoms with Crippen LogP contribution in [0.3, 0.4) is 0 Å². The molecule has 0 N–H and O–H groups in total. The van der Waals surface area contributed by atoms with Gasteiger partial charge in [-0.05, 0) is 84.3 Å². The molecule has 0 bridgehead atoms. The summed E-state index contributed by atoms with van der Waals surface area (Å²) in [4.78, 5) is 2.15. The van der Waals surface area contributed by atoms with Crippen molar-refractivity contribution in [3.8, 4) is 11.1 Å². The van der Waals surface area contributed by atoms with Gasteiger partial charge >= 0.3 is 0 Å². The number of aryl methyl sites for hydroxylation is 1. The molecule has 1 aliphatic heterocycles. The van der Waals surface area contributed by atoms with Gasteiger partial charge in [0.05, 0.1) is 11.1 Å². The van der Waals surface area contributed by atoms with E-state index in [1.54, 1.807) is 0 Å². The van der Waals surface area contributed by atoms with Crippen molar-refractivity contribution >= 4 is 38.8 Å². The Labute approximate surface area is 252 Å². The minimum absolute atomic E-state index is 0. The highest BCUT2D eigenvalue weighted by Crippen LogP contribution is 2.34. The van der Waals surface area contributed by atoms with E-state index in [1.807, 2.05) is 0 Å². The van der Waals surface area contributed by atoms with Gasteiger partial charge in [-0.1, -0.05) is 48.5 Å². The molecule has 2 heterocycles. The molecule has 0 amide bonds. The maximum atomic E-state index is 2.42. The quantitative estimate of drug-likeness (QED) is 0.273. The topological polar surface area (TPSA) is 11.2 Å². The zero-order valence-electron chi connectivity index (χ0n) is 24.0. The summed E-state index contributed by atoms with van der Waals surface area (Å²) in [6, 6.07) is 40.6. The van der Waals surface area contributed by atoms with Crippen LogP contribution in [-0.2, 0) is 6.54 Å². The molecule has 1 aliphatic rings. The maximum absolute atomic E-state index is 2.42. The van der Waals surface area contributed by atoms with Crippen LogP contribution in [0, 0.1) is 0 Å². The first kappa shape index (κ1) is 27.0. The molecule has 6 aromatic rings. The summed E-state index contributed by atoms with van der Waals surface area (Å²) < 4.78 is 4.84. The van der Waals surface area contributed by atoms with Crippen LogP contribution < -0.4 is 37.0 Å². The molecular weight excluding hydrogens is 566 g/mol. The molecule has 0 unspecified atom stereocenters. The van der Waals surface area contributed by atoms with Crippen molar-refractivity contribution in [2.45, 2.75) is 20.4 Å². The molecule has 0 saturated carbocycles. The van der Waals surface area contributed by atoms with E-state index in [-0.39, 0.29) is 17.0 Å². The smallest absolute Gasteiger partial charge is 0.213 e. The Morgan fingerprint density at radius 1 is 0.683 bits per heavy atom. The fourth-order valence-electron chi connectivity index (χ4n) is 6.53. The van der Waals surface area contributed by atoms with Crippen molar-refractivity contribution in [2.24, 2.45) is 0 Å². The standard InChI is InChI=1S/C37H34N3.BrH/c1-5-39-33-13-9-7-11-29(33)31-23-26(17-21-35(31)39)37(25-15-19-28(20-16-25)38(3)4)27-18-22-36-32(24-27)30-12-8-10-14-34(30)40(36)6-2;/h7-24H,5-6H2,1-4H3;1H/q+1;/p-1. The largest absolute Gasteiger partial charge is 1.00 e. The lowest BCUT2D eigenvalue weighted by Gasteiger charge is -2.15. The Kier molecular flexibility index (Phi) is 7.04. The third-order valence-corrected chi connectivity index (χ3v) is 8.43. The van der Waals surface area contributed by atoms with Gasteiger partial charge in [0.1, 0.15) is 6.54 Å². The van der Waals surface area contributed by atoms with Crippen LogP contribution in [0.5, 0.6) is 0 Å². The van der Waals surface area contributed by atoms with Gasteiger partial charge in [0.25, 0.3) is 0 Å². The van der Waals surface area contributed by atoms with Crippen molar-refractivity contribution in [1.29, 1.82) is 0 Å². The Morgan fingerprint density at radius 2 is 1.39 bits per heavy atom. The highest BCUT2D eigenvalue weighted by atomic mass is 79.9. The zero-order valence-corrected chi connectivity index (χ0v) is 25.6. The number of nitrogens with zero attached hydrogens (tertiary/aromatic N) is 3. The number of benzene rings is 5. The van der Waals surface area contributed by atoms with Crippen LogP contribution in [0.4, 0.5) is 11.4 Å². The van der Waals surface area contributed by atoms with Crippen LogP contribution in [0.25, 0.3) is 38.5 Å². The number of aromatic nitrogens is 1. The normalized spacial score (nSPS) is 12.7. The van der Waals surface area contributed by atoms with Crippen LogP contribution in [0.2, 0.25) is 0 Å². The Balaban J connectivity index is 0.00000302. The Morgan fingerprint density at radius 3 is 2.15 bits per heavy atom. The molecule has 0 atom stereocenters. The highest BCUT2D eigenvalue weighted by molar-refractivity contribution is 6.09. The predicted octanol–water partition coefficient (Wildman–Crippen LogP) is 3.95. The number of hydrogen-bond acceptors (Lipinski definition) is 1. The zero-order chi connectivity index (χ0) is 27.4. The summed E-state index contributed by atoms with van der Waals surface area (Å²) >= 11 is 0. The molecule has 3 nitrogen and oxygen atoms in total. The van der Waals surface area contributed by atoms with Crippen molar-refractivity contribution in [3.63, 3.8) is 0 Å². The van der Waals surface area contributed by atoms with Gasteiger partial charge in [0.15, 0.2) is 0 Å². The molecule has 7 rings (SSSR count). The molecule has 0 saturated heterocycles. The Bertz CT molecular complexity index is 2050. The summed E-state index contributed by atoms with van der Waals surface area (Å²) in [5.74, 6) is 0. The SMILES string of the molecule is CCn1c2ccccc2c2cc(C(c3ccc(N(C)C)cc3)=c3ccc4c(c3)-c3ccccc3[N+]=4CC)ccc21.[Br-]. The van der Waals surface area contributed by atoms with E-state index in [0.717, 1.165) is 13.1 Å². The molecule has 0 fully saturated rings. The lowest BCUT2D eigenvalue weighted by Crippen LogP contribution is -3.00.